The van der Waals surface area contributed by atoms with Gasteiger partial charge in [0.15, 0.2) is 5.78 Å². The van der Waals surface area contributed by atoms with Crippen molar-refractivity contribution in [1.29, 1.82) is 0 Å². The van der Waals surface area contributed by atoms with Crippen molar-refractivity contribution in [3.05, 3.63) is 54.2 Å². The lowest BCUT2D eigenvalue weighted by Crippen LogP contribution is -2.53. The van der Waals surface area contributed by atoms with E-state index in [4.69, 9.17) is 4.42 Å². The van der Waals surface area contributed by atoms with E-state index < -0.39 is 57.4 Å². The number of sulfonamides is 1. The zero-order valence-electron chi connectivity index (χ0n) is 19.3. The van der Waals surface area contributed by atoms with Crippen molar-refractivity contribution in [3.63, 3.8) is 0 Å². The molecule has 2 aromatic rings. The molecule has 3 atom stereocenters. The van der Waals surface area contributed by atoms with Gasteiger partial charge >= 0.3 is 0 Å². The fourth-order valence-electron chi connectivity index (χ4n) is 4.61. The minimum Gasteiger partial charge on any atom is -0.472 e. The third kappa shape index (κ3) is 4.76. The minimum absolute atomic E-state index is 0.0558. The predicted octanol–water partition coefficient (Wildman–Crippen LogP) is 0.844. The lowest BCUT2D eigenvalue weighted by atomic mass is 10.0. The van der Waals surface area contributed by atoms with Gasteiger partial charge in [0.25, 0.3) is 21.0 Å². The Hall–Kier alpha value is -3.38. The average Bonchev–Trinajstić information content (AvgIpc) is 3.57. The van der Waals surface area contributed by atoms with E-state index in [0.29, 0.717) is 6.42 Å². The zero-order chi connectivity index (χ0) is 25.3. The van der Waals surface area contributed by atoms with Crippen LogP contribution in [0.2, 0.25) is 0 Å². The predicted molar refractivity (Wildman–Crippen MR) is 123 cm³/mol. The van der Waals surface area contributed by atoms with E-state index in [-0.39, 0.29) is 30.0 Å². The summed E-state index contributed by atoms with van der Waals surface area (Å²) in [7, 11) is -4.50. The van der Waals surface area contributed by atoms with Gasteiger partial charge in [0.1, 0.15) is 18.3 Å². The van der Waals surface area contributed by atoms with Crippen LogP contribution in [-0.4, -0.2) is 76.5 Å². The third-order valence-corrected chi connectivity index (χ3v) is 7.92. The number of carbonyl (C=O) groups excluding carboxylic acids is 4. The van der Waals surface area contributed by atoms with Crippen molar-refractivity contribution in [3.8, 4) is 0 Å². The number of rotatable bonds is 7. The molecule has 186 valence electrons. The fourth-order valence-corrected chi connectivity index (χ4v) is 6.11. The quantitative estimate of drug-likeness (QED) is 0.586. The molecule has 0 spiro atoms. The first kappa shape index (κ1) is 24.7. The summed E-state index contributed by atoms with van der Waals surface area (Å²) in [4.78, 5) is 56.8. The summed E-state index contributed by atoms with van der Waals surface area (Å²) in [6.07, 6.45) is 5.70. The van der Waals surface area contributed by atoms with Crippen molar-refractivity contribution in [2.45, 2.75) is 44.8 Å². The molecule has 1 N–H and O–H groups in total. The van der Waals surface area contributed by atoms with Crippen molar-refractivity contribution >= 4 is 32.7 Å². The van der Waals surface area contributed by atoms with Crippen LogP contribution in [0.15, 0.2) is 47.5 Å². The number of carbonyl (C=O) groups is 4. The highest BCUT2D eigenvalue weighted by Crippen LogP contribution is 2.33. The highest BCUT2D eigenvalue weighted by atomic mass is 32.2. The minimum atomic E-state index is -4.50. The molecule has 2 amide bonds. The normalized spacial score (nSPS) is 21.2. The number of hydrogen-bond acceptors (Lipinski definition) is 8. The highest BCUT2D eigenvalue weighted by molar-refractivity contribution is 8.04. The maximum absolute atomic E-state index is 13.5. The number of nitrogens with one attached hydrogen (secondary N) is 1. The van der Waals surface area contributed by atoms with E-state index in [1.165, 1.54) is 41.8 Å². The highest BCUT2D eigenvalue weighted by Gasteiger charge is 2.55. The Morgan fingerprint density at radius 2 is 2.00 bits per heavy atom. The van der Waals surface area contributed by atoms with Gasteiger partial charge in [-0.2, -0.15) is 4.31 Å². The van der Waals surface area contributed by atoms with Gasteiger partial charge in [-0.3, -0.25) is 24.2 Å². The molecule has 2 saturated heterocycles. The van der Waals surface area contributed by atoms with Crippen LogP contribution in [-0.2, 0) is 19.6 Å². The van der Waals surface area contributed by atoms with Gasteiger partial charge in [-0.15, -0.1) is 0 Å². The Morgan fingerprint density at radius 3 is 2.63 bits per heavy atom. The average molecular weight is 503 g/mol. The van der Waals surface area contributed by atoms with E-state index in [2.05, 4.69) is 10.3 Å². The number of aromatic nitrogens is 1. The number of pyridine rings is 1. The van der Waals surface area contributed by atoms with Gasteiger partial charge in [-0.1, -0.05) is 13.8 Å². The number of furan rings is 1. The first-order chi connectivity index (χ1) is 16.6. The van der Waals surface area contributed by atoms with Crippen LogP contribution in [0.5, 0.6) is 0 Å². The van der Waals surface area contributed by atoms with Crippen LogP contribution in [0.4, 0.5) is 0 Å². The van der Waals surface area contributed by atoms with Gasteiger partial charge in [0.05, 0.1) is 30.0 Å². The van der Waals surface area contributed by atoms with Gasteiger partial charge < -0.3 is 14.6 Å². The van der Waals surface area contributed by atoms with Crippen molar-refractivity contribution in [2.75, 3.05) is 13.1 Å². The van der Waals surface area contributed by atoms with Crippen LogP contribution in [0.3, 0.4) is 0 Å². The maximum atomic E-state index is 13.5. The number of likely N-dealkylation sites (tertiary alicyclic amines) is 1. The lowest BCUT2D eigenvalue weighted by molar-refractivity contribution is -0.138. The number of Topliss-reactive ketones (excluding diaryl/α,β-unsaturated/α-hetero) is 1. The molecule has 0 saturated carbocycles. The van der Waals surface area contributed by atoms with E-state index in [1.807, 2.05) is 13.8 Å². The Morgan fingerprint density at radius 1 is 1.23 bits per heavy atom. The summed E-state index contributed by atoms with van der Waals surface area (Å²) in [5.41, 5.74) is 0.155. The smallest absolute Gasteiger partial charge is 0.293 e. The molecule has 35 heavy (non-hydrogen) atoms. The largest absolute Gasteiger partial charge is 0.472 e. The van der Waals surface area contributed by atoms with E-state index in [0.717, 1.165) is 10.5 Å². The summed E-state index contributed by atoms with van der Waals surface area (Å²) in [6.45, 7) is 3.43. The molecular weight excluding hydrogens is 476 g/mol. The summed E-state index contributed by atoms with van der Waals surface area (Å²) in [6, 6.07) is 1.49. The monoisotopic (exact) mass is 502 g/mol. The molecule has 2 aliphatic rings. The Bertz CT molecular complexity index is 1230. The fraction of sp³-hybridized carbons (Fsp3) is 0.435. The lowest BCUT2D eigenvalue weighted by Gasteiger charge is -2.29. The standard InChI is InChI=1S/C23H26N4O7S/c1-14(2)10-17(25-21(29)16-6-9-34-13-16)22(30)26-8-5-18-20(26)19(28)12-27(18)35(32,33)23(31)15-4-3-7-24-11-15/h3-4,6-7,9,11,13-14,17-18,20H,5,8,10,12H2,1-2H3,(H,25,29). The summed E-state index contributed by atoms with van der Waals surface area (Å²) < 4.78 is 32.0. The second-order valence-electron chi connectivity index (χ2n) is 9.05. The molecule has 11 nitrogen and oxygen atoms in total. The topological polar surface area (TPSA) is 147 Å². The maximum Gasteiger partial charge on any atom is 0.293 e. The molecule has 4 rings (SSSR count). The van der Waals surface area contributed by atoms with E-state index in [1.54, 1.807) is 0 Å². The van der Waals surface area contributed by atoms with Gasteiger partial charge in [-0.25, -0.2) is 8.42 Å². The van der Waals surface area contributed by atoms with E-state index >= 15 is 0 Å². The molecule has 4 heterocycles. The second kappa shape index (κ2) is 9.70. The van der Waals surface area contributed by atoms with Crippen LogP contribution < -0.4 is 5.32 Å². The molecule has 2 fully saturated rings. The molecule has 0 radical (unpaired) electrons. The van der Waals surface area contributed by atoms with Crippen molar-refractivity contribution in [1.82, 2.24) is 19.5 Å². The number of hydrogen-bond donors (Lipinski definition) is 1. The van der Waals surface area contributed by atoms with Crippen LogP contribution in [0.25, 0.3) is 0 Å². The van der Waals surface area contributed by atoms with Gasteiger partial charge in [-0.05, 0) is 37.0 Å². The van der Waals surface area contributed by atoms with Crippen molar-refractivity contribution < 1.29 is 32.0 Å². The first-order valence-corrected chi connectivity index (χ1v) is 12.7. The van der Waals surface area contributed by atoms with Gasteiger partial charge in [0, 0.05) is 18.9 Å². The van der Waals surface area contributed by atoms with Gasteiger partial charge in [0.2, 0.25) is 5.91 Å². The molecule has 2 aromatic heterocycles. The van der Waals surface area contributed by atoms with Crippen LogP contribution >= 0.6 is 0 Å². The molecule has 0 bridgehead atoms. The zero-order valence-corrected chi connectivity index (χ0v) is 20.1. The Labute approximate surface area is 202 Å². The summed E-state index contributed by atoms with van der Waals surface area (Å²) in [5, 5.41) is 1.56. The number of amides is 2. The molecule has 0 aromatic carbocycles. The Balaban J connectivity index is 1.54. The molecule has 12 heteroatoms. The Kier molecular flexibility index (Phi) is 6.86. The number of ketones is 1. The SMILES string of the molecule is CC(C)CC(NC(=O)c1ccoc1)C(=O)N1CCC2C1C(=O)CN2S(=O)(=O)C(=O)c1cccnc1. The third-order valence-electron chi connectivity index (χ3n) is 6.19. The van der Waals surface area contributed by atoms with Crippen LogP contribution in [0.1, 0.15) is 47.4 Å². The first-order valence-electron chi connectivity index (χ1n) is 11.2. The molecule has 0 aliphatic carbocycles. The summed E-state index contributed by atoms with van der Waals surface area (Å²) in [5.74, 6) is -1.36. The van der Waals surface area contributed by atoms with Crippen molar-refractivity contribution in [2.24, 2.45) is 5.92 Å². The number of fused-ring (bicyclic) bond motifs is 1. The second-order valence-corrected chi connectivity index (χ2v) is 10.8. The molecule has 3 unspecified atom stereocenters. The van der Waals surface area contributed by atoms with Crippen LogP contribution in [0, 0.1) is 5.92 Å². The molecular formula is C23H26N4O7S. The van der Waals surface area contributed by atoms with E-state index in [9.17, 15) is 27.6 Å². The molecule has 2 aliphatic heterocycles. The summed E-state index contributed by atoms with van der Waals surface area (Å²) >= 11 is 0. The number of nitrogens with zero attached hydrogens (tertiary/aromatic N) is 3.